The Morgan fingerprint density at radius 3 is 2.69 bits per heavy atom. The third-order valence-electron chi connectivity index (χ3n) is 3.94. The van der Waals surface area contributed by atoms with Crippen molar-refractivity contribution in [2.24, 2.45) is 0 Å². The van der Waals surface area contributed by atoms with E-state index in [2.05, 4.69) is 20.2 Å². The summed E-state index contributed by atoms with van der Waals surface area (Å²) in [6.07, 6.45) is 0.591. The Balaban J connectivity index is 1.52. The summed E-state index contributed by atoms with van der Waals surface area (Å²) in [6.45, 7) is 1.94. The fraction of sp³-hybridized carbons (Fsp3) is 0.158. The number of fused-ring (bicyclic) bond motifs is 1. The topological polar surface area (TPSA) is 84.7 Å². The van der Waals surface area contributed by atoms with Crippen LogP contribution in [-0.2, 0) is 6.42 Å². The Kier molecular flexibility index (Phi) is 4.53. The van der Waals surface area contributed by atoms with Crippen molar-refractivity contribution in [1.82, 2.24) is 20.2 Å². The third kappa shape index (κ3) is 3.52. The highest BCUT2D eigenvalue weighted by Gasteiger charge is 2.16. The molecule has 26 heavy (non-hydrogen) atoms. The summed E-state index contributed by atoms with van der Waals surface area (Å²) >= 11 is 1.37. The zero-order valence-corrected chi connectivity index (χ0v) is 14.9. The Morgan fingerprint density at radius 1 is 1.08 bits per heavy atom. The van der Waals surface area contributed by atoms with Crippen molar-refractivity contribution in [2.75, 3.05) is 0 Å². The van der Waals surface area contributed by atoms with Gasteiger partial charge in [0.15, 0.2) is 0 Å². The van der Waals surface area contributed by atoms with Gasteiger partial charge >= 0.3 is 0 Å². The summed E-state index contributed by atoms with van der Waals surface area (Å²) in [4.78, 5) is 19.6. The first kappa shape index (κ1) is 16.5. The highest BCUT2D eigenvalue weighted by Crippen LogP contribution is 2.32. The maximum absolute atomic E-state index is 12.2. The predicted octanol–water partition coefficient (Wildman–Crippen LogP) is 3.75. The Hall–Kier alpha value is -2.93. The summed E-state index contributed by atoms with van der Waals surface area (Å²) < 4.78 is 5.72. The minimum atomic E-state index is -0.145. The first-order valence-electron chi connectivity index (χ1n) is 8.21. The van der Waals surface area contributed by atoms with Gasteiger partial charge in [-0.3, -0.25) is 4.79 Å². The second-order valence-electron chi connectivity index (χ2n) is 5.85. The van der Waals surface area contributed by atoms with Gasteiger partial charge in [-0.25, -0.2) is 4.98 Å². The molecule has 0 amide bonds. The van der Waals surface area contributed by atoms with E-state index in [1.54, 1.807) is 6.07 Å². The summed E-state index contributed by atoms with van der Waals surface area (Å²) in [5.41, 5.74) is 1.64. The molecule has 4 rings (SSSR count). The number of hydrogen-bond acceptors (Lipinski definition) is 6. The van der Waals surface area contributed by atoms with Crippen molar-refractivity contribution in [3.05, 3.63) is 82.2 Å². The number of hydrogen-bond donors (Lipinski definition) is 1. The molecule has 0 radical (unpaired) electrons. The highest BCUT2D eigenvalue weighted by molar-refractivity contribution is 7.99. The van der Waals surface area contributed by atoms with Crippen molar-refractivity contribution < 1.29 is 4.42 Å². The van der Waals surface area contributed by atoms with Crippen LogP contribution in [0.15, 0.2) is 69.0 Å². The van der Waals surface area contributed by atoms with Gasteiger partial charge < -0.3 is 9.40 Å². The standard InChI is InChI=1S/C19H16N4O2S/c1-12(17-20-15-10-6-5-9-14(15)18(24)21-17)26-19-23-22-16(25-19)11-13-7-3-2-4-8-13/h2-10,12H,11H2,1H3,(H,20,21,24)/t12-/m0/s1. The van der Waals surface area contributed by atoms with Gasteiger partial charge in [-0.05, 0) is 24.6 Å². The van der Waals surface area contributed by atoms with Crippen LogP contribution in [0.2, 0.25) is 0 Å². The van der Waals surface area contributed by atoms with Crippen LogP contribution in [0.5, 0.6) is 0 Å². The number of benzene rings is 2. The summed E-state index contributed by atoms with van der Waals surface area (Å²) in [5.74, 6) is 1.15. The fourth-order valence-electron chi connectivity index (χ4n) is 2.63. The zero-order chi connectivity index (χ0) is 17.9. The number of rotatable bonds is 5. The second-order valence-corrected chi connectivity index (χ2v) is 7.14. The highest BCUT2D eigenvalue weighted by atomic mass is 32.2. The van der Waals surface area contributed by atoms with E-state index in [-0.39, 0.29) is 10.8 Å². The summed E-state index contributed by atoms with van der Waals surface area (Å²) in [7, 11) is 0. The average molecular weight is 364 g/mol. The first-order valence-corrected chi connectivity index (χ1v) is 9.09. The molecule has 0 unspecified atom stereocenters. The number of para-hydroxylation sites is 1. The summed E-state index contributed by atoms with van der Waals surface area (Å²) in [5, 5.41) is 9.10. The van der Waals surface area contributed by atoms with Crippen molar-refractivity contribution >= 4 is 22.7 Å². The molecule has 1 atom stereocenters. The lowest BCUT2D eigenvalue weighted by molar-refractivity contribution is 0.419. The largest absolute Gasteiger partial charge is 0.416 e. The van der Waals surface area contributed by atoms with Gasteiger partial charge in [0.25, 0.3) is 10.8 Å². The van der Waals surface area contributed by atoms with Gasteiger partial charge in [0.2, 0.25) is 5.89 Å². The number of aromatic nitrogens is 4. The Bertz CT molecular complexity index is 1090. The molecule has 6 nitrogen and oxygen atoms in total. The van der Waals surface area contributed by atoms with Crippen molar-refractivity contribution in [1.29, 1.82) is 0 Å². The number of nitrogens with one attached hydrogen (secondary N) is 1. The minimum Gasteiger partial charge on any atom is -0.416 e. The van der Waals surface area contributed by atoms with E-state index in [1.807, 2.05) is 55.5 Å². The lowest BCUT2D eigenvalue weighted by Crippen LogP contribution is -2.12. The van der Waals surface area contributed by atoms with Crippen LogP contribution in [0.4, 0.5) is 0 Å². The molecule has 0 bridgehead atoms. The number of H-pyrrole nitrogens is 1. The van der Waals surface area contributed by atoms with Crippen LogP contribution in [0, 0.1) is 0 Å². The normalized spacial score (nSPS) is 12.3. The molecule has 0 saturated carbocycles. The molecule has 0 aliphatic heterocycles. The average Bonchev–Trinajstić information content (AvgIpc) is 3.09. The second kappa shape index (κ2) is 7.13. The number of aromatic amines is 1. The smallest absolute Gasteiger partial charge is 0.277 e. The van der Waals surface area contributed by atoms with Gasteiger partial charge in [0.1, 0.15) is 5.82 Å². The third-order valence-corrected chi connectivity index (χ3v) is 4.88. The molecule has 0 spiro atoms. The monoisotopic (exact) mass is 364 g/mol. The molecule has 0 aliphatic carbocycles. The molecule has 0 aliphatic rings. The van der Waals surface area contributed by atoms with E-state index in [0.717, 1.165) is 5.56 Å². The van der Waals surface area contributed by atoms with Crippen molar-refractivity contribution in [3.63, 3.8) is 0 Å². The van der Waals surface area contributed by atoms with Gasteiger partial charge in [-0.1, -0.05) is 54.2 Å². The van der Waals surface area contributed by atoms with E-state index >= 15 is 0 Å². The Labute approximate surface area is 153 Å². The van der Waals surface area contributed by atoms with E-state index in [0.29, 0.717) is 34.3 Å². The molecule has 0 saturated heterocycles. The molecule has 0 fully saturated rings. The van der Waals surface area contributed by atoms with Crippen LogP contribution in [0.1, 0.15) is 29.5 Å². The zero-order valence-electron chi connectivity index (χ0n) is 14.0. The lowest BCUT2D eigenvalue weighted by Gasteiger charge is -2.08. The number of nitrogens with zero attached hydrogens (tertiary/aromatic N) is 3. The SMILES string of the molecule is C[C@H](Sc1nnc(Cc2ccccc2)o1)c1nc2ccccc2c(=O)[nH]1. The van der Waals surface area contributed by atoms with Gasteiger partial charge in [0.05, 0.1) is 22.6 Å². The van der Waals surface area contributed by atoms with Gasteiger partial charge in [-0.2, -0.15) is 0 Å². The molecule has 1 N–H and O–H groups in total. The van der Waals surface area contributed by atoms with E-state index in [4.69, 9.17) is 4.42 Å². The van der Waals surface area contributed by atoms with Crippen LogP contribution in [0.25, 0.3) is 10.9 Å². The molecule has 4 aromatic rings. The molecular formula is C19H16N4O2S. The molecule has 2 heterocycles. The lowest BCUT2D eigenvalue weighted by atomic mass is 10.2. The van der Waals surface area contributed by atoms with E-state index in [9.17, 15) is 4.79 Å². The number of thioether (sulfide) groups is 1. The fourth-order valence-corrected chi connectivity index (χ4v) is 3.39. The van der Waals surface area contributed by atoms with Gasteiger partial charge in [0, 0.05) is 0 Å². The molecule has 130 valence electrons. The predicted molar refractivity (Wildman–Crippen MR) is 100 cm³/mol. The molecule has 7 heteroatoms. The molecular weight excluding hydrogens is 348 g/mol. The molecule has 2 aromatic carbocycles. The molecule has 2 aromatic heterocycles. The van der Waals surface area contributed by atoms with Crippen LogP contribution < -0.4 is 5.56 Å². The van der Waals surface area contributed by atoms with Crippen molar-refractivity contribution in [2.45, 2.75) is 23.8 Å². The van der Waals surface area contributed by atoms with Gasteiger partial charge in [-0.15, -0.1) is 10.2 Å². The van der Waals surface area contributed by atoms with Crippen molar-refractivity contribution in [3.8, 4) is 0 Å². The van der Waals surface area contributed by atoms with E-state index < -0.39 is 0 Å². The quantitative estimate of drug-likeness (QED) is 0.543. The first-order chi connectivity index (χ1) is 12.7. The summed E-state index contributed by atoms with van der Waals surface area (Å²) in [6, 6.07) is 17.2. The van der Waals surface area contributed by atoms with Crippen LogP contribution in [-0.4, -0.2) is 20.2 Å². The van der Waals surface area contributed by atoms with Crippen LogP contribution in [0.3, 0.4) is 0 Å². The maximum Gasteiger partial charge on any atom is 0.277 e. The van der Waals surface area contributed by atoms with Crippen LogP contribution >= 0.6 is 11.8 Å². The van der Waals surface area contributed by atoms with E-state index in [1.165, 1.54) is 11.8 Å². The maximum atomic E-state index is 12.2. The minimum absolute atomic E-state index is 0.127. The Morgan fingerprint density at radius 2 is 1.85 bits per heavy atom.